The standard InChI is InChI=1S/C21H25ClN2O3/c1-14-6-7-15(22)11-18(14)23-21(25)13-24-10-4-5-19(24)17-9-8-16(26-2)12-20(17)27-3/h6-9,11-12,19H,4-5,10,13H2,1-3H3,(H,23,25)/t19-/m0/s1. The molecule has 0 aromatic heterocycles. The molecule has 1 saturated heterocycles. The molecule has 27 heavy (non-hydrogen) atoms. The lowest BCUT2D eigenvalue weighted by molar-refractivity contribution is -0.117. The van der Waals surface area contributed by atoms with Crippen LogP contribution in [0.4, 0.5) is 5.69 Å². The Morgan fingerprint density at radius 1 is 1.22 bits per heavy atom. The highest BCUT2D eigenvalue weighted by Gasteiger charge is 2.30. The first-order valence-electron chi connectivity index (χ1n) is 9.04. The number of nitrogens with zero attached hydrogens (tertiary/aromatic N) is 1. The Labute approximate surface area is 165 Å². The summed E-state index contributed by atoms with van der Waals surface area (Å²) in [5, 5.41) is 3.59. The molecule has 2 aromatic rings. The Balaban J connectivity index is 1.73. The van der Waals surface area contributed by atoms with Crippen molar-refractivity contribution in [3.8, 4) is 11.5 Å². The number of amides is 1. The number of nitrogens with one attached hydrogen (secondary N) is 1. The molecule has 1 atom stereocenters. The summed E-state index contributed by atoms with van der Waals surface area (Å²) in [6.07, 6.45) is 2.04. The summed E-state index contributed by atoms with van der Waals surface area (Å²) in [5.41, 5.74) is 2.83. The van der Waals surface area contributed by atoms with Gasteiger partial charge >= 0.3 is 0 Å². The Hall–Kier alpha value is -2.24. The van der Waals surface area contributed by atoms with E-state index in [1.807, 2.05) is 37.3 Å². The number of anilines is 1. The Morgan fingerprint density at radius 2 is 2.04 bits per heavy atom. The van der Waals surface area contributed by atoms with Crippen molar-refractivity contribution >= 4 is 23.2 Å². The Morgan fingerprint density at radius 3 is 2.78 bits per heavy atom. The van der Waals surface area contributed by atoms with Crippen molar-refractivity contribution < 1.29 is 14.3 Å². The normalized spacial score (nSPS) is 17.0. The number of methoxy groups -OCH3 is 2. The van der Waals surface area contributed by atoms with Crippen molar-refractivity contribution in [1.29, 1.82) is 0 Å². The van der Waals surface area contributed by atoms with Crippen LogP contribution < -0.4 is 14.8 Å². The third kappa shape index (κ3) is 4.54. The first-order valence-corrected chi connectivity index (χ1v) is 9.41. The topological polar surface area (TPSA) is 50.8 Å². The molecule has 6 heteroatoms. The molecule has 0 saturated carbocycles. The van der Waals surface area contributed by atoms with E-state index < -0.39 is 0 Å². The van der Waals surface area contributed by atoms with Gasteiger partial charge < -0.3 is 14.8 Å². The van der Waals surface area contributed by atoms with Gasteiger partial charge in [0.05, 0.1) is 20.8 Å². The quantitative estimate of drug-likeness (QED) is 0.794. The summed E-state index contributed by atoms with van der Waals surface area (Å²) in [4.78, 5) is 14.8. The van der Waals surface area contributed by atoms with Gasteiger partial charge in [-0.15, -0.1) is 0 Å². The van der Waals surface area contributed by atoms with Crippen molar-refractivity contribution in [3.05, 3.63) is 52.5 Å². The number of rotatable bonds is 6. The molecular weight excluding hydrogens is 364 g/mol. The van der Waals surface area contributed by atoms with Crippen LogP contribution in [0.15, 0.2) is 36.4 Å². The van der Waals surface area contributed by atoms with Crippen LogP contribution in [0.1, 0.15) is 30.0 Å². The minimum Gasteiger partial charge on any atom is -0.497 e. The van der Waals surface area contributed by atoms with Crippen LogP contribution >= 0.6 is 11.6 Å². The molecule has 0 unspecified atom stereocenters. The SMILES string of the molecule is COc1ccc([C@@H]2CCCN2CC(=O)Nc2cc(Cl)ccc2C)c(OC)c1. The predicted octanol–water partition coefficient (Wildman–Crippen LogP) is 4.44. The number of hydrogen-bond donors (Lipinski definition) is 1. The van der Waals surface area contributed by atoms with Crippen LogP contribution in [-0.2, 0) is 4.79 Å². The number of carbonyl (C=O) groups is 1. The van der Waals surface area contributed by atoms with Gasteiger partial charge in [0.1, 0.15) is 11.5 Å². The number of aryl methyl sites for hydroxylation is 1. The van der Waals surface area contributed by atoms with E-state index in [1.165, 1.54) is 0 Å². The first kappa shape index (κ1) is 19.5. The van der Waals surface area contributed by atoms with Gasteiger partial charge in [-0.2, -0.15) is 0 Å². The number of ether oxygens (including phenoxy) is 2. The lowest BCUT2D eigenvalue weighted by Gasteiger charge is -2.26. The van der Waals surface area contributed by atoms with Gasteiger partial charge in [0.2, 0.25) is 5.91 Å². The number of halogens is 1. The summed E-state index contributed by atoms with van der Waals surface area (Å²) in [6.45, 7) is 3.15. The molecule has 1 aliphatic rings. The Bertz CT molecular complexity index is 825. The molecule has 0 radical (unpaired) electrons. The maximum atomic E-state index is 12.6. The van der Waals surface area contributed by atoms with E-state index in [0.29, 0.717) is 11.6 Å². The number of carbonyl (C=O) groups excluding carboxylic acids is 1. The smallest absolute Gasteiger partial charge is 0.238 e. The van der Waals surface area contributed by atoms with Crippen LogP contribution in [0.5, 0.6) is 11.5 Å². The average molecular weight is 389 g/mol. The predicted molar refractivity (Wildman–Crippen MR) is 108 cm³/mol. The second-order valence-corrected chi connectivity index (χ2v) is 7.18. The van der Waals surface area contributed by atoms with E-state index >= 15 is 0 Å². The minimum absolute atomic E-state index is 0.0419. The van der Waals surface area contributed by atoms with E-state index in [0.717, 1.165) is 47.7 Å². The fourth-order valence-corrected chi connectivity index (χ4v) is 3.74. The van der Waals surface area contributed by atoms with Crippen LogP contribution in [0, 0.1) is 6.92 Å². The fraction of sp³-hybridized carbons (Fsp3) is 0.381. The summed E-state index contributed by atoms with van der Waals surface area (Å²) in [7, 11) is 3.30. The summed E-state index contributed by atoms with van der Waals surface area (Å²) >= 11 is 6.05. The van der Waals surface area contributed by atoms with Gasteiger partial charge in [-0.1, -0.05) is 23.7 Å². The van der Waals surface area contributed by atoms with Gasteiger partial charge in [0, 0.05) is 28.4 Å². The van der Waals surface area contributed by atoms with E-state index in [4.69, 9.17) is 21.1 Å². The van der Waals surface area contributed by atoms with Gasteiger partial charge in [0.15, 0.2) is 0 Å². The highest BCUT2D eigenvalue weighted by Crippen LogP contribution is 2.38. The number of benzene rings is 2. The Kier molecular flexibility index (Phi) is 6.24. The fourth-order valence-electron chi connectivity index (χ4n) is 3.56. The minimum atomic E-state index is -0.0419. The molecule has 1 heterocycles. The summed E-state index contributed by atoms with van der Waals surface area (Å²) in [5.74, 6) is 1.51. The summed E-state index contributed by atoms with van der Waals surface area (Å²) in [6, 6.07) is 11.5. The average Bonchev–Trinajstić information content (AvgIpc) is 3.11. The van der Waals surface area contributed by atoms with Crippen molar-refractivity contribution in [2.24, 2.45) is 0 Å². The molecular formula is C21H25ClN2O3. The van der Waals surface area contributed by atoms with Gasteiger partial charge in [-0.3, -0.25) is 9.69 Å². The molecule has 1 N–H and O–H groups in total. The number of likely N-dealkylation sites (tertiary alicyclic amines) is 1. The van der Waals surface area contributed by atoms with Crippen LogP contribution in [0.2, 0.25) is 5.02 Å². The molecule has 0 aliphatic carbocycles. The zero-order valence-corrected chi connectivity index (χ0v) is 16.7. The second kappa shape index (κ2) is 8.63. The second-order valence-electron chi connectivity index (χ2n) is 6.74. The molecule has 1 aliphatic heterocycles. The van der Waals surface area contributed by atoms with E-state index in [-0.39, 0.29) is 11.9 Å². The van der Waals surface area contributed by atoms with E-state index in [9.17, 15) is 4.79 Å². The van der Waals surface area contributed by atoms with Gasteiger partial charge in [-0.05, 0) is 50.1 Å². The molecule has 0 bridgehead atoms. The van der Waals surface area contributed by atoms with E-state index in [2.05, 4.69) is 10.2 Å². The zero-order chi connectivity index (χ0) is 19.4. The molecule has 0 spiro atoms. The monoisotopic (exact) mass is 388 g/mol. The molecule has 2 aromatic carbocycles. The van der Waals surface area contributed by atoms with Crippen LogP contribution in [0.25, 0.3) is 0 Å². The van der Waals surface area contributed by atoms with Crippen molar-refractivity contribution in [3.63, 3.8) is 0 Å². The maximum Gasteiger partial charge on any atom is 0.238 e. The molecule has 144 valence electrons. The van der Waals surface area contributed by atoms with Crippen LogP contribution in [0.3, 0.4) is 0 Å². The molecule has 1 fully saturated rings. The van der Waals surface area contributed by atoms with Gasteiger partial charge in [-0.25, -0.2) is 0 Å². The number of hydrogen-bond acceptors (Lipinski definition) is 4. The van der Waals surface area contributed by atoms with Crippen molar-refractivity contribution in [2.75, 3.05) is 32.6 Å². The van der Waals surface area contributed by atoms with Gasteiger partial charge in [0.25, 0.3) is 0 Å². The van der Waals surface area contributed by atoms with Crippen molar-refractivity contribution in [2.45, 2.75) is 25.8 Å². The first-order chi connectivity index (χ1) is 13.0. The highest BCUT2D eigenvalue weighted by molar-refractivity contribution is 6.31. The molecule has 5 nitrogen and oxygen atoms in total. The molecule has 1 amide bonds. The van der Waals surface area contributed by atoms with Crippen molar-refractivity contribution in [1.82, 2.24) is 4.90 Å². The summed E-state index contributed by atoms with van der Waals surface area (Å²) < 4.78 is 10.8. The highest BCUT2D eigenvalue weighted by atomic mass is 35.5. The van der Waals surface area contributed by atoms with E-state index in [1.54, 1.807) is 20.3 Å². The largest absolute Gasteiger partial charge is 0.497 e. The maximum absolute atomic E-state index is 12.6. The third-order valence-corrected chi connectivity index (χ3v) is 5.22. The lowest BCUT2D eigenvalue weighted by atomic mass is 10.0. The third-order valence-electron chi connectivity index (χ3n) is 4.98. The molecule has 3 rings (SSSR count). The van der Waals surface area contributed by atoms with Crippen LogP contribution in [-0.4, -0.2) is 38.1 Å². The lowest BCUT2D eigenvalue weighted by Crippen LogP contribution is -2.33. The zero-order valence-electron chi connectivity index (χ0n) is 15.9.